The Hall–Kier alpha value is -0.670. The van der Waals surface area contributed by atoms with E-state index in [2.05, 4.69) is 38.0 Å². The Balaban J connectivity index is 1.27. The normalized spacial score (nSPS) is 54.2. The maximum absolute atomic E-state index is 7.05. The topological polar surface area (TPSA) is 33.6 Å². The molecule has 2 saturated heterocycles. The van der Waals surface area contributed by atoms with Gasteiger partial charge in [-0.1, -0.05) is 31.9 Å². The summed E-state index contributed by atoms with van der Waals surface area (Å²) in [6, 6.07) is 0.570. The molecule has 0 unspecified atom stereocenters. The van der Waals surface area contributed by atoms with Crippen LogP contribution >= 0.6 is 0 Å². The SMILES string of the molecule is C/N=C1\CC[C@@]2(C)[C@H](CC[C@H]3[C@@H]4CC[C@@]5(CC(C)=C4C[C@@H]32)O[C@@H]2C[C@H](C)CN[C@H]2[C@H]5C)C1. The Kier molecular flexibility index (Phi) is 5.23. The van der Waals surface area contributed by atoms with E-state index in [1.165, 1.54) is 76.5 Å². The van der Waals surface area contributed by atoms with E-state index in [1.807, 2.05) is 12.6 Å². The van der Waals surface area contributed by atoms with Gasteiger partial charge in [0.25, 0.3) is 0 Å². The lowest BCUT2D eigenvalue weighted by molar-refractivity contribution is -0.0734. The van der Waals surface area contributed by atoms with Crippen molar-refractivity contribution >= 4 is 5.71 Å². The quantitative estimate of drug-likeness (QED) is 0.458. The van der Waals surface area contributed by atoms with Gasteiger partial charge in [0.1, 0.15) is 0 Å². The van der Waals surface area contributed by atoms with Crippen molar-refractivity contribution in [1.29, 1.82) is 0 Å². The molecule has 3 saturated carbocycles. The number of piperidine rings is 1. The summed E-state index contributed by atoms with van der Waals surface area (Å²) in [6.07, 6.45) is 13.7. The van der Waals surface area contributed by atoms with Crippen LogP contribution in [0.1, 0.15) is 91.9 Å². The Labute approximate surface area is 196 Å². The summed E-state index contributed by atoms with van der Waals surface area (Å²) in [5, 5.41) is 3.88. The average molecular weight is 439 g/mol. The fraction of sp³-hybridized carbons (Fsp3) is 0.897. The monoisotopic (exact) mass is 438 g/mol. The summed E-state index contributed by atoms with van der Waals surface area (Å²) in [7, 11) is 2.01. The predicted octanol–water partition coefficient (Wildman–Crippen LogP) is 6.18. The van der Waals surface area contributed by atoms with Crippen LogP contribution in [-0.4, -0.2) is 37.1 Å². The van der Waals surface area contributed by atoms with E-state index in [-0.39, 0.29) is 5.60 Å². The minimum Gasteiger partial charge on any atom is -0.369 e. The van der Waals surface area contributed by atoms with Gasteiger partial charge in [-0.2, -0.15) is 0 Å². The van der Waals surface area contributed by atoms with Crippen molar-refractivity contribution < 1.29 is 4.74 Å². The second-order valence-electron chi connectivity index (χ2n) is 13.2. The average Bonchev–Trinajstić information content (AvgIpc) is 3.23. The third-order valence-electron chi connectivity index (χ3n) is 11.8. The number of hydrogen-bond acceptors (Lipinski definition) is 3. The first-order valence-corrected chi connectivity index (χ1v) is 13.9. The fourth-order valence-electron chi connectivity index (χ4n) is 9.83. The molecular formula is C29H46N2O. The van der Waals surface area contributed by atoms with Crippen LogP contribution in [0, 0.1) is 40.9 Å². The molecule has 2 aliphatic heterocycles. The first-order chi connectivity index (χ1) is 15.3. The number of fused-ring (bicyclic) bond motifs is 6. The lowest BCUT2D eigenvalue weighted by atomic mass is 9.52. The molecule has 0 aromatic rings. The second-order valence-corrected chi connectivity index (χ2v) is 13.2. The van der Waals surface area contributed by atoms with Crippen LogP contribution in [0.15, 0.2) is 16.1 Å². The van der Waals surface area contributed by atoms with Gasteiger partial charge in [0, 0.05) is 24.7 Å². The molecular weight excluding hydrogens is 392 g/mol. The van der Waals surface area contributed by atoms with Crippen molar-refractivity contribution in [3.05, 3.63) is 11.1 Å². The molecule has 3 heteroatoms. The molecule has 6 aliphatic rings. The van der Waals surface area contributed by atoms with Crippen LogP contribution in [0.4, 0.5) is 0 Å². The third kappa shape index (κ3) is 3.09. The van der Waals surface area contributed by atoms with Gasteiger partial charge in [-0.05, 0) is 113 Å². The molecule has 1 spiro atoms. The van der Waals surface area contributed by atoms with Gasteiger partial charge in [-0.15, -0.1) is 0 Å². The minimum atomic E-state index is 0.0851. The number of ether oxygens (including phenoxy) is 1. The van der Waals surface area contributed by atoms with E-state index in [0.717, 1.165) is 29.6 Å². The molecule has 0 amide bonds. The van der Waals surface area contributed by atoms with Gasteiger partial charge in [-0.25, -0.2) is 0 Å². The first kappa shape index (κ1) is 21.8. The zero-order valence-corrected chi connectivity index (χ0v) is 21.3. The zero-order valence-electron chi connectivity index (χ0n) is 21.3. The second kappa shape index (κ2) is 7.67. The Morgan fingerprint density at radius 2 is 1.94 bits per heavy atom. The van der Waals surface area contributed by atoms with Crippen molar-refractivity contribution in [3.8, 4) is 0 Å². The maximum atomic E-state index is 7.05. The van der Waals surface area contributed by atoms with Crippen LogP contribution in [0.25, 0.3) is 0 Å². The minimum absolute atomic E-state index is 0.0851. The van der Waals surface area contributed by atoms with Gasteiger partial charge in [0.05, 0.1) is 11.7 Å². The Morgan fingerprint density at radius 1 is 1.09 bits per heavy atom. The number of nitrogens with one attached hydrogen (secondary N) is 1. The van der Waals surface area contributed by atoms with E-state index in [4.69, 9.17) is 4.74 Å². The fourth-order valence-corrected chi connectivity index (χ4v) is 9.83. The van der Waals surface area contributed by atoms with Crippen molar-refractivity contribution in [2.45, 2.75) is 110 Å². The molecule has 1 N–H and O–H groups in total. The van der Waals surface area contributed by atoms with Crippen molar-refractivity contribution in [2.75, 3.05) is 13.6 Å². The molecule has 10 atom stereocenters. The number of aliphatic imine (C=N–C) groups is 1. The standard InChI is InChI=1S/C29H46N2O/c1-17-12-26-27(31-16-17)19(3)29(32-26)11-9-22-23-7-6-20-13-21(30-5)8-10-28(20,4)25(23)14-24(22)18(2)15-29/h17,19-20,22-23,25-27,31H,6-16H2,1-5H3/b30-21+/t17-,19+,20+,22-,23-,25-,26+,27-,28-,29-/m0/s1. The van der Waals surface area contributed by atoms with Gasteiger partial charge in [0.15, 0.2) is 0 Å². The van der Waals surface area contributed by atoms with Crippen molar-refractivity contribution in [3.63, 3.8) is 0 Å². The summed E-state index contributed by atoms with van der Waals surface area (Å²) in [5.74, 6) is 4.92. The zero-order chi connectivity index (χ0) is 22.3. The lowest BCUT2D eigenvalue weighted by Gasteiger charge is -2.53. The van der Waals surface area contributed by atoms with E-state index >= 15 is 0 Å². The maximum Gasteiger partial charge on any atom is 0.0765 e. The van der Waals surface area contributed by atoms with Gasteiger partial charge in [-0.3, -0.25) is 4.99 Å². The van der Waals surface area contributed by atoms with E-state index in [1.54, 1.807) is 5.57 Å². The summed E-state index contributed by atoms with van der Waals surface area (Å²) in [4.78, 5) is 4.62. The molecule has 6 rings (SSSR count). The number of allylic oxidation sites excluding steroid dienone is 1. The highest BCUT2D eigenvalue weighted by atomic mass is 16.5. The van der Waals surface area contributed by atoms with Gasteiger partial charge < -0.3 is 10.1 Å². The highest BCUT2D eigenvalue weighted by Crippen LogP contribution is 2.65. The molecule has 5 fully saturated rings. The first-order valence-electron chi connectivity index (χ1n) is 13.9. The molecule has 4 aliphatic carbocycles. The summed E-state index contributed by atoms with van der Waals surface area (Å²) >= 11 is 0. The van der Waals surface area contributed by atoms with Crippen molar-refractivity contribution in [1.82, 2.24) is 5.32 Å². The molecule has 3 nitrogen and oxygen atoms in total. The lowest BCUT2D eigenvalue weighted by Crippen LogP contribution is -2.48. The summed E-state index contributed by atoms with van der Waals surface area (Å²) in [5.41, 5.74) is 5.71. The van der Waals surface area contributed by atoms with Crippen LogP contribution in [0.5, 0.6) is 0 Å². The smallest absolute Gasteiger partial charge is 0.0765 e. The van der Waals surface area contributed by atoms with Crippen molar-refractivity contribution in [2.24, 2.45) is 45.9 Å². The number of hydrogen-bond donors (Lipinski definition) is 1. The molecule has 32 heavy (non-hydrogen) atoms. The van der Waals surface area contributed by atoms with Crippen LogP contribution in [-0.2, 0) is 4.74 Å². The van der Waals surface area contributed by atoms with Crippen LogP contribution in [0.3, 0.4) is 0 Å². The summed E-state index contributed by atoms with van der Waals surface area (Å²) in [6.45, 7) is 11.2. The largest absolute Gasteiger partial charge is 0.369 e. The summed E-state index contributed by atoms with van der Waals surface area (Å²) < 4.78 is 7.05. The van der Waals surface area contributed by atoms with Gasteiger partial charge in [0.2, 0.25) is 0 Å². The predicted molar refractivity (Wildman–Crippen MR) is 132 cm³/mol. The van der Waals surface area contributed by atoms with Crippen LogP contribution < -0.4 is 5.32 Å². The Morgan fingerprint density at radius 3 is 2.75 bits per heavy atom. The number of rotatable bonds is 0. The van der Waals surface area contributed by atoms with Crippen LogP contribution in [0.2, 0.25) is 0 Å². The molecule has 2 heterocycles. The third-order valence-corrected chi connectivity index (χ3v) is 11.8. The highest BCUT2D eigenvalue weighted by molar-refractivity contribution is 5.85. The van der Waals surface area contributed by atoms with E-state index in [0.29, 0.717) is 23.5 Å². The molecule has 0 radical (unpaired) electrons. The molecule has 178 valence electrons. The molecule has 0 aromatic heterocycles. The number of nitrogens with zero attached hydrogens (tertiary/aromatic N) is 1. The van der Waals surface area contributed by atoms with Gasteiger partial charge >= 0.3 is 0 Å². The van der Waals surface area contributed by atoms with E-state index < -0.39 is 0 Å². The molecule has 0 bridgehead atoms. The highest BCUT2D eigenvalue weighted by Gasteiger charge is 2.59. The Bertz CT molecular complexity index is 831. The van der Waals surface area contributed by atoms with E-state index in [9.17, 15) is 0 Å². The molecule has 0 aromatic carbocycles.